The van der Waals surface area contributed by atoms with Gasteiger partial charge in [-0.2, -0.15) is 5.10 Å². The van der Waals surface area contributed by atoms with Gasteiger partial charge in [0.05, 0.1) is 18.0 Å². The van der Waals surface area contributed by atoms with E-state index in [-0.39, 0.29) is 5.91 Å². The third-order valence-electron chi connectivity index (χ3n) is 2.87. The molecular weight excluding hydrogens is 240 g/mol. The van der Waals surface area contributed by atoms with Crippen molar-refractivity contribution >= 4 is 12.1 Å². The predicted molar refractivity (Wildman–Crippen MR) is 74.3 cm³/mol. The molecule has 1 aromatic carbocycles. The van der Waals surface area contributed by atoms with Crippen LogP contribution in [0, 0.1) is 6.92 Å². The molecule has 1 aromatic heterocycles. The molecule has 0 atom stereocenters. The SMILES string of the molecule is CCc1ccc(/C=N\NC(=O)c2ccoc2C)cc1. The van der Waals surface area contributed by atoms with Crippen LogP contribution in [0.1, 0.15) is 34.2 Å². The Hall–Kier alpha value is -2.36. The molecule has 0 aliphatic rings. The van der Waals surface area contributed by atoms with Crippen LogP contribution in [0.5, 0.6) is 0 Å². The summed E-state index contributed by atoms with van der Waals surface area (Å²) >= 11 is 0. The maximum absolute atomic E-state index is 11.7. The smallest absolute Gasteiger partial charge is 0.274 e. The molecule has 98 valence electrons. The number of carbonyl (C=O) groups excluding carboxylic acids is 1. The van der Waals surface area contributed by atoms with E-state index < -0.39 is 0 Å². The van der Waals surface area contributed by atoms with Gasteiger partial charge in [0.25, 0.3) is 5.91 Å². The van der Waals surface area contributed by atoms with E-state index in [9.17, 15) is 4.79 Å². The molecule has 0 saturated heterocycles. The Labute approximate surface area is 112 Å². The van der Waals surface area contributed by atoms with Crippen molar-refractivity contribution in [1.29, 1.82) is 0 Å². The Morgan fingerprint density at radius 1 is 1.32 bits per heavy atom. The van der Waals surface area contributed by atoms with Crippen LogP contribution in [-0.4, -0.2) is 12.1 Å². The van der Waals surface area contributed by atoms with Crippen molar-refractivity contribution in [3.63, 3.8) is 0 Å². The van der Waals surface area contributed by atoms with Gasteiger partial charge in [0.15, 0.2) is 0 Å². The fourth-order valence-electron chi connectivity index (χ4n) is 1.69. The Kier molecular flexibility index (Phi) is 4.13. The predicted octanol–water partition coefficient (Wildman–Crippen LogP) is 2.91. The average molecular weight is 256 g/mol. The highest BCUT2D eigenvalue weighted by atomic mass is 16.3. The van der Waals surface area contributed by atoms with Crippen LogP contribution >= 0.6 is 0 Å². The zero-order chi connectivity index (χ0) is 13.7. The lowest BCUT2D eigenvalue weighted by molar-refractivity contribution is 0.0953. The number of amides is 1. The minimum atomic E-state index is -0.271. The van der Waals surface area contributed by atoms with Crippen molar-refractivity contribution < 1.29 is 9.21 Å². The summed E-state index contributed by atoms with van der Waals surface area (Å²) in [6.45, 7) is 3.85. The topological polar surface area (TPSA) is 54.6 Å². The molecule has 0 aliphatic heterocycles. The molecule has 4 nitrogen and oxygen atoms in total. The van der Waals surface area contributed by atoms with Gasteiger partial charge in [0.1, 0.15) is 5.76 Å². The third kappa shape index (κ3) is 3.31. The van der Waals surface area contributed by atoms with Crippen LogP contribution in [0.4, 0.5) is 0 Å². The molecule has 2 rings (SSSR count). The highest BCUT2D eigenvalue weighted by molar-refractivity contribution is 5.95. The van der Waals surface area contributed by atoms with E-state index in [1.165, 1.54) is 11.8 Å². The van der Waals surface area contributed by atoms with Gasteiger partial charge >= 0.3 is 0 Å². The van der Waals surface area contributed by atoms with E-state index in [1.807, 2.05) is 24.3 Å². The second-order valence-electron chi connectivity index (χ2n) is 4.18. The molecule has 1 N–H and O–H groups in total. The maximum Gasteiger partial charge on any atom is 0.274 e. The largest absolute Gasteiger partial charge is 0.469 e. The van der Waals surface area contributed by atoms with E-state index in [4.69, 9.17) is 4.42 Å². The van der Waals surface area contributed by atoms with Gasteiger partial charge in [-0.25, -0.2) is 5.43 Å². The van der Waals surface area contributed by atoms with Gasteiger partial charge < -0.3 is 4.42 Å². The van der Waals surface area contributed by atoms with E-state index in [2.05, 4.69) is 17.5 Å². The molecule has 0 spiro atoms. The summed E-state index contributed by atoms with van der Waals surface area (Å²) < 4.78 is 5.06. The van der Waals surface area contributed by atoms with E-state index in [0.29, 0.717) is 11.3 Å². The Morgan fingerprint density at radius 3 is 2.63 bits per heavy atom. The molecule has 0 fully saturated rings. The average Bonchev–Trinajstić information content (AvgIpc) is 2.86. The van der Waals surface area contributed by atoms with E-state index >= 15 is 0 Å². The fraction of sp³-hybridized carbons (Fsp3) is 0.200. The number of hydrazone groups is 1. The number of aryl methyl sites for hydroxylation is 2. The third-order valence-corrected chi connectivity index (χ3v) is 2.87. The summed E-state index contributed by atoms with van der Waals surface area (Å²) in [5.74, 6) is 0.313. The number of hydrogen-bond acceptors (Lipinski definition) is 3. The van der Waals surface area contributed by atoms with Crippen LogP contribution in [-0.2, 0) is 6.42 Å². The Bertz CT molecular complexity index is 582. The molecule has 0 aliphatic carbocycles. The van der Waals surface area contributed by atoms with Gasteiger partial charge in [0.2, 0.25) is 0 Å². The second-order valence-corrected chi connectivity index (χ2v) is 4.18. The standard InChI is InChI=1S/C15H16N2O2/c1-3-12-4-6-13(7-5-12)10-16-17-15(18)14-8-9-19-11(14)2/h4-10H,3H2,1-2H3,(H,17,18)/b16-10-. The van der Waals surface area contributed by atoms with Gasteiger partial charge in [-0.05, 0) is 30.5 Å². The van der Waals surface area contributed by atoms with Crippen LogP contribution < -0.4 is 5.43 Å². The molecule has 0 radical (unpaired) electrons. The zero-order valence-electron chi connectivity index (χ0n) is 11.0. The molecule has 0 saturated carbocycles. The number of nitrogens with one attached hydrogen (secondary N) is 1. The van der Waals surface area contributed by atoms with Crippen molar-refractivity contribution in [2.75, 3.05) is 0 Å². The molecule has 0 unspecified atom stereocenters. The summed E-state index contributed by atoms with van der Waals surface area (Å²) in [5.41, 5.74) is 5.19. The van der Waals surface area contributed by atoms with Crippen molar-refractivity contribution in [3.05, 3.63) is 59.0 Å². The number of benzene rings is 1. The number of carbonyl (C=O) groups is 1. The first-order valence-electron chi connectivity index (χ1n) is 6.17. The quantitative estimate of drug-likeness (QED) is 0.675. The molecular formula is C15H16N2O2. The summed E-state index contributed by atoms with van der Waals surface area (Å²) in [6.07, 6.45) is 4.11. The van der Waals surface area contributed by atoms with Crippen molar-refractivity contribution in [2.45, 2.75) is 20.3 Å². The lowest BCUT2D eigenvalue weighted by Gasteiger charge is -1.98. The van der Waals surface area contributed by atoms with E-state index in [0.717, 1.165) is 12.0 Å². The van der Waals surface area contributed by atoms with Crippen molar-refractivity contribution in [2.24, 2.45) is 5.10 Å². The summed E-state index contributed by atoms with van der Waals surface area (Å²) in [6, 6.07) is 9.65. The summed E-state index contributed by atoms with van der Waals surface area (Å²) in [5, 5.41) is 3.93. The van der Waals surface area contributed by atoms with Gasteiger partial charge in [-0.1, -0.05) is 31.2 Å². The van der Waals surface area contributed by atoms with E-state index in [1.54, 1.807) is 19.2 Å². The summed E-state index contributed by atoms with van der Waals surface area (Å²) in [7, 11) is 0. The number of rotatable bonds is 4. The van der Waals surface area contributed by atoms with Gasteiger partial charge in [-0.3, -0.25) is 4.79 Å². The van der Waals surface area contributed by atoms with Crippen LogP contribution in [0.15, 0.2) is 46.1 Å². The normalized spacial score (nSPS) is 10.8. The molecule has 1 heterocycles. The zero-order valence-corrected chi connectivity index (χ0v) is 11.0. The number of nitrogens with zero attached hydrogens (tertiary/aromatic N) is 1. The minimum Gasteiger partial charge on any atom is -0.469 e. The number of furan rings is 1. The lowest BCUT2D eigenvalue weighted by Crippen LogP contribution is -2.17. The molecule has 4 heteroatoms. The first-order chi connectivity index (χ1) is 9.20. The highest BCUT2D eigenvalue weighted by Gasteiger charge is 2.09. The minimum absolute atomic E-state index is 0.271. The Balaban J connectivity index is 1.96. The second kappa shape index (κ2) is 6.00. The first-order valence-corrected chi connectivity index (χ1v) is 6.17. The van der Waals surface area contributed by atoms with Crippen molar-refractivity contribution in [3.8, 4) is 0 Å². The molecule has 2 aromatic rings. The fourth-order valence-corrected chi connectivity index (χ4v) is 1.69. The molecule has 1 amide bonds. The monoisotopic (exact) mass is 256 g/mol. The maximum atomic E-state index is 11.7. The lowest BCUT2D eigenvalue weighted by atomic mass is 10.1. The van der Waals surface area contributed by atoms with Crippen LogP contribution in [0.3, 0.4) is 0 Å². The number of hydrogen-bond donors (Lipinski definition) is 1. The first kappa shape index (κ1) is 13.1. The molecule has 19 heavy (non-hydrogen) atoms. The van der Waals surface area contributed by atoms with Gasteiger partial charge in [-0.15, -0.1) is 0 Å². The molecule has 0 bridgehead atoms. The van der Waals surface area contributed by atoms with Gasteiger partial charge in [0, 0.05) is 0 Å². The van der Waals surface area contributed by atoms with Crippen LogP contribution in [0.25, 0.3) is 0 Å². The van der Waals surface area contributed by atoms with Crippen molar-refractivity contribution in [1.82, 2.24) is 5.43 Å². The Morgan fingerprint density at radius 2 is 2.05 bits per heavy atom. The van der Waals surface area contributed by atoms with Crippen LogP contribution in [0.2, 0.25) is 0 Å². The highest BCUT2D eigenvalue weighted by Crippen LogP contribution is 2.08. The summed E-state index contributed by atoms with van der Waals surface area (Å²) in [4.78, 5) is 11.7.